The summed E-state index contributed by atoms with van der Waals surface area (Å²) in [5.41, 5.74) is 2.90. The quantitative estimate of drug-likeness (QED) is 0.632. The van der Waals surface area contributed by atoms with Gasteiger partial charge < -0.3 is 5.11 Å². The molecule has 0 aliphatic carbocycles. The monoisotopic (exact) mass is 364 g/mol. The molecule has 1 aromatic carbocycles. The fourth-order valence-corrected chi connectivity index (χ4v) is 4.37. The Balaban J connectivity index is 2.12. The molecule has 22 heavy (non-hydrogen) atoms. The van der Waals surface area contributed by atoms with Crippen LogP contribution in [0.2, 0.25) is 10.0 Å². The number of phenolic OH excluding ortho intramolecular Hbond substituents is 1. The number of rotatable bonds is 3. The number of carbonyl (C=O) groups is 1. The van der Waals surface area contributed by atoms with E-state index in [4.69, 9.17) is 23.2 Å². The highest BCUT2D eigenvalue weighted by Gasteiger charge is 2.32. The average molecular weight is 365 g/mol. The van der Waals surface area contributed by atoms with E-state index < -0.39 is 21.7 Å². The van der Waals surface area contributed by atoms with Gasteiger partial charge in [-0.1, -0.05) is 23.2 Å². The van der Waals surface area contributed by atoms with Gasteiger partial charge >= 0.3 is 0 Å². The summed E-state index contributed by atoms with van der Waals surface area (Å²) in [5, 5.41) is 14.1. The molecule has 1 fully saturated rings. The van der Waals surface area contributed by atoms with Crippen LogP contribution >= 0.6 is 23.2 Å². The number of amides is 1. The summed E-state index contributed by atoms with van der Waals surface area (Å²) >= 11 is 11.7. The fourth-order valence-electron chi connectivity index (χ4n) is 2.13. The summed E-state index contributed by atoms with van der Waals surface area (Å²) in [4.78, 5) is 11.9. The molecule has 0 unspecified atom stereocenters. The number of hydrogen-bond donors (Lipinski definition) is 2. The van der Waals surface area contributed by atoms with Gasteiger partial charge in [-0.3, -0.25) is 4.79 Å². The molecule has 1 amide bonds. The number of nitrogens with one attached hydrogen (secondary N) is 1. The topological polar surface area (TPSA) is 95.8 Å². The Hall–Kier alpha value is -1.31. The van der Waals surface area contributed by atoms with Gasteiger partial charge in [-0.25, -0.2) is 13.8 Å². The number of halogens is 2. The van der Waals surface area contributed by atoms with Gasteiger partial charge in [0.15, 0.2) is 9.84 Å². The zero-order valence-electron chi connectivity index (χ0n) is 11.6. The molecule has 120 valence electrons. The van der Waals surface area contributed by atoms with E-state index in [0.717, 1.165) is 0 Å². The van der Waals surface area contributed by atoms with Crippen molar-refractivity contribution in [2.45, 2.75) is 13.3 Å². The number of carbonyl (C=O) groups excluding carboxylic acids is 1. The molecule has 0 radical (unpaired) electrons. The first-order chi connectivity index (χ1) is 10.2. The largest absolute Gasteiger partial charge is 0.506 e. The number of nitrogens with zero attached hydrogens (tertiary/aromatic N) is 1. The van der Waals surface area contributed by atoms with Crippen LogP contribution in [0.15, 0.2) is 17.2 Å². The highest BCUT2D eigenvalue weighted by atomic mass is 35.5. The van der Waals surface area contributed by atoms with Gasteiger partial charge in [0.1, 0.15) is 5.75 Å². The number of aromatic hydroxyl groups is 1. The van der Waals surface area contributed by atoms with E-state index in [1.807, 2.05) is 0 Å². The third-order valence-electron chi connectivity index (χ3n) is 3.35. The van der Waals surface area contributed by atoms with Crippen molar-refractivity contribution in [3.8, 4) is 5.75 Å². The zero-order chi connectivity index (χ0) is 16.5. The predicted octanol–water partition coefficient (Wildman–Crippen LogP) is 1.97. The second kappa shape index (κ2) is 6.44. The maximum atomic E-state index is 11.9. The lowest BCUT2D eigenvalue weighted by Gasteiger charge is -2.09. The van der Waals surface area contributed by atoms with Crippen LogP contribution < -0.4 is 5.43 Å². The highest BCUT2D eigenvalue weighted by Crippen LogP contribution is 2.31. The van der Waals surface area contributed by atoms with Crippen molar-refractivity contribution in [1.82, 2.24) is 5.43 Å². The summed E-state index contributed by atoms with van der Waals surface area (Å²) in [5.74, 6) is -1.41. The van der Waals surface area contributed by atoms with Crippen LogP contribution in [0, 0.1) is 5.92 Å². The van der Waals surface area contributed by atoms with Crippen molar-refractivity contribution in [2.75, 3.05) is 11.5 Å². The minimum atomic E-state index is -3.13. The average Bonchev–Trinajstić information content (AvgIpc) is 2.80. The maximum absolute atomic E-state index is 11.9. The van der Waals surface area contributed by atoms with E-state index in [1.165, 1.54) is 12.1 Å². The van der Waals surface area contributed by atoms with E-state index >= 15 is 0 Å². The Bertz CT molecular complexity index is 747. The Kier molecular flexibility index (Phi) is 4.99. The molecule has 1 atom stereocenters. The van der Waals surface area contributed by atoms with Crippen LogP contribution in [0.5, 0.6) is 5.75 Å². The second-order valence-electron chi connectivity index (χ2n) is 5.06. The minimum Gasteiger partial charge on any atom is -0.506 e. The van der Waals surface area contributed by atoms with Crippen LogP contribution in [0.1, 0.15) is 18.9 Å². The molecule has 0 bridgehead atoms. The van der Waals surface area contributed by atoms with E-state index in [2.05, 4.69) is 10.5 Å². The zero-order valence-corrected chi connectivity index (χ0v) is 14.0. The summed E-state index contributed by atoms with van der Waals surface area (Å²) in [6.45, 7) is 1.56. The first-order valence-electron chi connectivity index (χ1n) is 6.42. The van der Waals surface area contributed by atoms with Crippen molar-refractivity contribution in [1.29, 1.82) is 0 Å². The molecular formula is C13H14Cl2N2O4S. The molecule has 0 spiro atoms. The Morgan fingerprint density at radius 1 is 1.41 bits per heavy atom. The fraction of sp³-hybridized carbons (Fsp3) is 0.385. The van der Waals surface area contributed by atoms with E-state index in [1.54, 1.807) is 6.92 Å². The summed E-state index contributed by atoms with van der Waals surface area (Å²) in [6.07, 6.45) is 0.289. The van der Waals surface area contributed by atoms with Crippen LogP contribution in [0.3, 0.4) is 0 Å². The lowest BCUT2D eigenvalue weighted by molar-refractivity contribution is -0.124. The summed E-state index contributed by atoms with van der Waals surface area (Å²) in [7, 11) is -3.13. The van der Waals surface area contributed by atoms with Crippen LogP contribution in [-0.4, -0.2) is 36.6 Å². The molecule has 0 aromatic heterocycles. The molecule has 0 saturated carbocycles. The number of phenols is 1. The van der Waals surface area contributed by atoms with Gasteiger partial charge in [0.05, 0.1) is 28.2 Å². The smallest absolute Gasteiger partial charge is 0.244 e. The van der Waals surface area contributed by atoms with E-state index in [-0.39, 0.29) is 34.3 Å². The number of benzene rings is 1. The summed E-state index contributed by atoms with van der Waals surface area (Å²) in [6, 6.07) is 2.85. The van der Waals surface area contributed by atoms with Crippen molar-refractivity contribution in [3.63, 3.8) is 0 Å². The van der Waals surface area contributed by atoms with Crippen molar-refractivity contribution in [2.24, 2.45) is 11.0 Å². The predicted molar refractivity (Wildman–Crippen MR) is 85.2 cm³/mol. The van der Waals surface area contributed by atoms with Crippen molar-refractivity contribution >= 4 is 44.7 Å². The number of hydrazone groups is 1. The van der Waals surface area contributed by atoms with Crippen molar-refractivity contribution in [3.05, 3.63) is 27.7 Å². The van der Waals surface area contributed by atoms with Gasteiger partial charge in [-0.2, -0.15) is 5.10 Å². The van der Waals surface area contributed by atoms with Gasteiger partial charge in [0.2, 0.25) is 5.91 Å². The summed E-state index contributed by atoms with van der Waals surface area (Å²) < 4.78 is 22.7. The molecule has 1 aliphatic rings. The Morgan fingerprint density at radius 3 is 2.68 bits per heavy atom. The lowest BCUT2D eigenvalue weighted by atomic mass is 10.1. The van der Waals surface area contributed by atoms with Gasteiger partial charge in [0.25, 0.3) is 0 Å². The van der Waals surface area contributed by atoms with Crippen molar-refractivity contribution < 1.29 is 18.3 Å². The highest BCUT2D eigenvalue weighted by molar-refractivity contribution is 7.91. The molecule has 1 aromatic rings. The SMILES string of the molecule is C/C(=N\NC(=O)[C@@H]1CCS(=O)(=O)C1)c1cc(Cl)cc(Cl)c1O. The third-order valence-corrected chi connectivity index (χ3v) is 5.63. The Morgan fingerprint density at radius 2 is 2.09 bits per heavy atom. The molecule has 6 nitrogen and oxygen atoms in total. The molecular weight excluding hydrogens is 351 g/mol. The van der Waals surface area contributed by atoms with Gasteiger partial charge in [0, 0.05) is 10.6 Å². The van der Waals surface area contributed by atoms with Crippen LogP contribution in [0.25, 0.3) is 0 Å². The number of sulfone groups is 1. The minimum absolute atomic E-state index is 0.0124. The normalized spacial score (nSPS) is 20.9. The van der Waals surface area contributed by atoms with Crippen LogP contribution in [0.4, 0.5) is 0 Å². The van der Waals surface area contributed by atoms with E-state index in [0.29, 0.717) is 10.7 Å². The molecule has 1 aliphatic heterocycles. The first-order valence-corrected chi connectivity index (χ1v) is 9.00. The number of hydrogen-bond acceptors (Lipinski definition) is 5. The van der Waals surface area contributed by atoms with Crippen LogP contribution in [-0.2, 0) is 14.6 Å². The lowest BCUT2D eigenvalue weighted by Crippen LogP contribution is -2.28. The van der Waals surface area contributed by atoms with Gasteiger partial charge in [-0.15, -0.1) is 0 Å². The third kappa shape index (κ3) is 3.91. The first kappa shape index (κ1) is 17.1. The molecule has 2 N–H and O–H groups in total. The Labute approximate surface area is 138 Å². The molecule has 2 rings (SSSR count). The molecule has 1 saturated heterocycles. The van der Waals surface area contributed by atoms with Gasteiger partial charge in [-0.05, 0) is 25.5 Å². The maximum Gasteiger partial charge on any atom is 0.244 e. The standard InChI is InChI=1S/C13H14Cl2N2O4S/c1-7(10-4-9(14)5-11(15)12(10)18)16-17-13(19)8-2-3-22(20,21)6-8/h4-5,8,18H,2-3,6H2,1H3,(H,17,19)/b16-7+/t8-/m1/s1. The molecule has 9 heteroatoms. The second-order valence-corrected chi connectivity index (χ2v) is 8.13. The van der Waals surface area contributed by atoms with E-state index in [9.17, 15) is 18.3 Å². The molecule has 1 heterocycles.